The van der Waals surface area contributed by atoms with Crippen molar-refractivity contribution in [1.82, 2.24) is 0 Å². The largest absolute Gasteiger partial charge is 0.214 e. The van der Waals surface area contributed by atoms with Crippen molar-refractivity contribution in [2.75, 3.05) is 6.38 Å². The monoisotopic (exact) mass is 360 g/mol. The molecule has 0 saturated heterocycles. The topological polar surface area (TPSA) is 0 Å². The first-order valence-corrected chi connectivity index (χ1v) is 4.47. The zero-order chi connectivity index (χ0) is 9.07. The molecule has 0 aliphatic heterocycles. The second-order valence-electron chi connectivity index (χ2n) is 1.92. The second-order valence-corrected chi connectivity index (χ2v) is 1.92. The van der Waals surface area contributed by atoms with Crippen molar-refractivity contribution in [2.24, 2.45) is 0 Å². The van der Waals surface area contributed by atoms with Crippen LogP contribution in [0.1, 0.15) is 0 Å². The van der Waals surface area contributed by atoms with Crippen molar-refractivity contribution < 1.29 is 25.8 Å². The zero-order valence-corrected chi connectivity index (χ0v) is 12.0. The molecule has 0 aromatic heterocycles. The predicted molar refractivity (Wildman–Crippen MR) is 55.8 cm³/mol. The van der Waals surface area contributed by atoms with Crippen molar-refractivity contribution in [3.8, 4) is 0 Å². The molecule has 0 amide bonds. The maximum absolute atomic E-state index is 4.64. The smallest absolute Gasteiger partial charge is 0.0108 e. The summed E-state index contributed by atoms with van der Waals surface area (Å²) in [6.07, 6.45) is 1.47. The standard InChI is InChI=1S/2C5H5.CH3Cl.Hf/c2*1-2-4-5-3-1;1-2;/h2*1-5H;1H3;/q2*-1;;. The molecule has 2 rings (SSSR count). The quantitative estimate of drug-likeness (QED) is 0.383. The molecule has 0 aliphatic carbocycles. The van der Waals surface area contributed by atoms with Crippen molar-refractivity contribution >= 4 is 11.6 Å². The van der Waals surface area contributed by atoms with E-state index in [0.29, 0.717) is 0 Å². The fraction of sp³-hybridized carbons (Fsp3) is 0.0909. The molecule has 0 nitrogen and oxygen atoms in total. The van der Waals surface area contributed by atoms with Gasteiger partial charge >= 0.3 is 0 Å². The van der Waals surface area contributed by atoms with Crippen LogP contribution in [0, 0.1) is 0 Å². The number of hydrogen-bond acceptors (Lipinski definition) is 0. The Morgan fingerprint density at radius 2 is 0.923 bits per heavy atom. The molecule has 0 heterocycles. The summed E-state index contributed by atoms with van der Waals surface area (Å²) in [5, 5.41) is 0. The van der Waals surface area contributed by atoms with Gasteiger partial charge in [0.25, 0.3) is 0 Å². The van der Waals surface area contributed by atoms with Gasteiger partial charge in [0, 0.05) is 32.2 Å². The van der Waals surface area contributed by atoms with Crippen LogP contribution >= 0.6 is 11.6 Å². The van der Waals surface area contributed by atoms with Crippen LogP contribution in [0.2, 0.25) is 0 Å². The van der Waals surface area contributed by atoms with E-state index in [2.05, 4.69) is 11.6 Å². The summed E-state index contributed by atoms with van der Waals surface area (Å²) in [5.74, 6) is 0. The third-order valence-corrected chi connectivity index (χ3v) is 1.11. The van der Waals surface area contributed by atoms with Gasteiger partial charge in [0.1, 0.15) is 0 Å². The van der Waals surface area contributed by atoms with Gasteiger partial charge in [-0.15, -0.1) is 11.6 Å². The molecule has 0 fully saturated rings. The van der Waals surface area contributed by atoms with Crippen molar-refractivity contribution in [3.05, 3.63) is 60.7 Å². The predicted octanol–water partition coefficient (Wildman–Crippen LogP) is 3.66. The summed E-state index contributed by atoms with van der Waals surface area (Å²) < 4.78 is 0. The van der Waals surface area contributed by atoms with Gasteiger partial charge in [0.05, 0.1) is 0 Å². The Hall–Kier alpha value is -0.140. The van der Waals surface area contributed by atoms with Crippen LogP contribution in [0.15, 0.2) is 60.7 Å². The number of rotatable bonds is 0. The normalized spacial score (nSPS) is 6.62. The average Bonchev–Trinajstić information content (AvgIpc) is 2.87. The second kappa shape index (κ2) is 14.4. The molecule has 2 aromatic carbocycles. The van der Waals surface area contributed by atoms with E-state index in [4.69, 9.17) is 0 Å². The van der Waals surface area contributed by atoms with E-state index in [0.717, 1.165) is 0 Å². The molecule has 0 aliphatic rings. The Morgan fingerprint density at radius 3 is 1.00 bits per heavy atom. The van der Waals surface area contributed by atoms with Crippen LogP contribution in [-0.4, -0.2) is 6.38 Å². The van der Waals surface area contributed by atoms with E-state index in [9.17, 15) is 0 Å². The fourth-order valence-corrected chi connectivity index (χ4v) is 0.642. The van der Waals surface area contributed by atoms with Crippen molar-refractivity contribution in [2.45, 2.75) is 0 Å². The van der Waals surface area contributed by atoms with E-state index in [1.807, 2.05) is 60.7 Å². The molecule has 0 bridgehead atoms. The van der Waals surface area contributed by atoms with Gasteiger partial charge in [-0.05, 0) is 0 Å². The maximum Gasteiger partial charge on any atom is 0.0108 e. The molecular weight excluding hydrogens is 346 g/mol. The number of hydrogen-bond donors (Lipinski definition) is 0. The first-order valence-electron chi connectivity index (χ1n) is 3.71. The summed E-state index contributed by atoms with van der Waals surface area (Å²) in [5.41, 5.74) is 0. The third-order valence-electron chi connectivity index (χ3n) is 1.11. The Morgan fingerprint density at radius 1 is 0.692 bits per heavy atom. The molecule has 0 radical (unpaired) electrons. The number of halogens is 1. The van der Waals surface area contributed by atoms with Gasteiger partial charge < -0.3 is 0 Å². The van der Waals surface area contributed by atoms with Crippen LogP contribution in [0.3, 0.4) is 0 Å². The summed E-state index contributed by atoms with van der Waals surface area (Å²) in [7, 11) is 0. The molecule has 0 N–H and O–H groups in total. The minimum absolute atomic E-state index is 0. The van der Waals surface area contributed by atoms with Crippen LogP contribution in [0.25, 0.3) is 0 Å². The number of alkyl halides is 1. The molecule has 2 heteroatoms. The van der Waals surface area contributed by atoms with Gasteiger partial charge in [0.2, 0.25) is 0 Å². The fourth-order valence-electron chi connectivity index (χ4n) is 0.642. The minimum Gasteiger partial charge on any atom is -0.214 e. The van der Waals surface area contributed by atoms with E-state index in [1.54, 1.807) is 0 Å². The van der Waals surface area contributed by atoms with E-state index >= 15 is 0 Å². The van der Waals surface area contributed by atoms with Crippen molar-refractivity contribution in [1.29, 1.82) is 0 Å². The SMILES string of the molecule is CCl.[Hf].c1cc[cH-]c1.c1cc[cH-]c1. The summed E-state index contributed by atoms with van der Waals surface area (Å²) >= 11 is 4.64. The maximum atomic E-state index is 4.64. The van der Waals surface area contributed by atoms with Crippen LogP contribution in [0.4, 0.5) is 0 Å². The summed E-state index contributed by atoms with van der Waals surface area (Å²) in [6, 6.07) is 20.0. The molecule has 70 valence electrons. The van der Waals surface area contributed by atoms with Crippen LogP contribution in [0.5, 0.6) is 0 Å². The van der Waals surface area contributed by atoms with E-state index in [1.165, 1.54) is 6.38 Å². The van der Waals surface area contributed by atoms with Crippen LogP contribution < -0.4 is 0 Å². The van der Waals surface area contributed by atoms with E-state index in [-0.39, 0.29) is 25.8 Å². The van der Waals surface area contributed by atoms with Crippen LogP contribution in [-0.2, 0) is 25.8 Å². The summed E-state index contributed by atoms with van der Waals surface area (Å²) in [4.78, 5) is 0. The van der Waals surface area contributed by atoms with E-state index < -0.39 is 0 Å². The Balaban J connectivity index is 0. The molecular formula is C11H13ClHf-2. The van der Waals surface area contributed by atoms with Crippen molar-refractivity contribution in [3.63, 3.8) is 0 Å². The first-order chi connectivity index (χ1) is 6.00. The van der Waals surface area contributed by atoms with Gasteiger partial charge in [-0.3, -0.25) is 0 Å². The van der Waals surface area contributed by atoms with Gasteiger partial charge in [-0.2, -0.15) is 36.4 Å². The molecule has 0 atom stereocenters. The molecule has 0 unspecified atom stereocenters. The average molecular weight is 359 g/mol. The molecule has 0 spiro atoms. The van der Waals surface area contributed by atoms with Gasteiger partial charge in [0.15, 0.2) is 0 Å². The Bertz CT molecular complexity index is 149. The minimum atomic E-state index is 0. The van der Waals surface area contributed by atoms with Gasteiger partial charge in [-0.1, -0.05) is 0 Å². The Kier molecular flexibility index (Phi) is 17.0. The molecule has 2 aromatic rings. The Labute approximate surface area is 104 Å². The van der Waals surface area contributed by atoms with Gasteiger partial charge in [-0.25, -0.2) is 24.3 Å². The zero-order valence-electron chi connectivity index (χ0n) is 7.65. The third kappa shape index (κ3) is 11.9. The summed E-state index contributed by atoms with van der Waals surface area (Å²) in [6.45, 7) is 0. The first kappa shape index (κ1) is 15.3. The molecule has 0 saturated carbocycles. The molecule has 13 heavy (non-hydrogen) atoms.